The summed E-state index contributed by atoms with van der Waals surface area (Å²) < 4.78 is 0. The van der Waals surface area contributed by atoms with Crippen molar-refractivity contribution < 1.29 is 4.79 Å². The lowest BCUT2D eigenvalue weighted by Crippen LogP contribution is -2.35. The van der Waals surface area contributed by atoms with Gasteiger partial charge in [-0.1, -0.05) is 0 Å². The monoisotopic (exact) mass is 143 g/mol. The van der Waals surface area contributed by atoms with Gasteiger partial charge in [-0.3, -0.25) is 4.79 Å². The average Bonchev–Trinajstić information content (AvgIpc) is 1.63. The van der Waals surface area contributed by atoms with Crippen LogP contribution in [0, 0.1) is 0 Å². The molecule has 1 amide bonds. The summed E-state index contributed by atoms with van der Waals surface area (Å²) in [6.45, 7) is 1.46. The van der Waals surface area contributed by atoms with Gasteiger partial charge in [0.05, 0.1) is 7.85 Å². The Balaban J connectivity index is 3.26. The van der Waals surface area contributed by atoms with Gasteiger partial charge in [-0.05, 0) is 12.2 Å². The zero-order valence-electron chi connectivity index (χ0n) is 5.68. The van der Waals surface area contributed by atoms with E-state index in [1.54, 1.807) is 11.8 Å². The summed E-state index contributed by atoms with van der Waals surface area (Å²) in [6.07, 6.45) is 1.95. The average molecular weight is 143 g/mol. The van der Waals surface area contributed by atoms with Crippen LogP contribution in [0.3, 0.4) is 0 Å². The van der Waals surface area contributed by atoms with Gasteiger partial charge in [0.15, 0.2) is 0 Å². The zero-order chi connectivity index (χ0) is 7.28. The van der Waals surface area contributed by atoms with E-state index in [9.17, 15) is 4.79 Å². The Morgan fingerprint density at radius 1 is 1.89 bits per heavy atom. The van der Waals surface area contributed by atoms with Crippen LogP contribution in [0.1, 0.15) is 6.92 Å². The topological polar surface area (TPSA) is 29.1 Å². The Bertz CT molecular complexity index is 99.0. The van der Waals surface area contributed by atoms with Gasteiger partial charge in [-0.2, -0.15) is 11.8 Å². The highest BCUT2D eigenvalue weighted by molar-refractivity contribution is 7.98. The summed E-state index contributed by atoms with van der Waals surface area (Å²) in [7, 11) is 5.43. The minimum Gasteiger partial charge on any atom is -0.362 e. The van der Waals surface area contributed by atoms with Gasteiger partial charge in [0.2, 0.25) is 5.91 Å². The molecule has 2 radical (unpaired) electrons. The van der Waals surface area contributed by atoms with Crippen molar-refractivity contribution in [3.63, 3.8) is 0 Å². The van der Waals surface area contributed by atoms with E-state index in [2.05, 4.69) is 5.32 Å². The summed E-state index contributed by atoms with van der Waals surface area (Å²) in [5, 5.41) is 2.56. The number of amides is 1. The van der Waals surface area contributed by atoms with Crippen molar-refractivity contribution in [1.82, 2.24) is 5.32 Å². The first-order valence-corrected chi connectivity index (χ1v) is 4.08. The molecule has 0 spiro atoms. The van der Waals surface area contributed by atoms with Gasteiger partial charge in [0.25, 0.3) is 0 Å². The maximum Gasteiger partial charge on any atom is 0.216 e. The van der Waals surface area contributed by atoms with Crippen LogP contribution in [-0.2, 0) is 4.79 Å². The molecular weight excluding hydrogens is 133 g/mol. The molecule has 0 rings (SSSR count). The standard InChI is InChI=1S/C5H10BNOS/c1-4(8)7-5(6)3-9-2/h5H,3H2,1-2H3,(H,7,8). The fourth-order valence-electron chi connectivity index (χ4n) is 0.482. The van der Waals surface area contributed by atoms with Gasteiger partial charge in [-0.15, -0.1) is 0 Å². The number of nitrogens with one attached hydrogen (secondary N) is 1. The van der Waals surface area contributed by atoms with Crippen LogP contribution in [0.5, 0.6) is 0 Å². The van der Waals surface area contributed by atoms with E-state index in [4.69, 9.17) is 7.85 Å². The second-order valence-corrected chi connectivity index (χ2v) is 2.67. The number of hydrogen-bond acceptors (Lipinski definition) is 2. The van der Waals surface area contributed by atoms with Gasteiger partial charge in [-0.25, -0.2) is 0 Å². The van der Waals surface area contributed by atoms with Crippen molar-refractivity contribution in [3.8, 4) is 0 Å². The van der Waals surface area contributed by atoms with E-state index in [0.29, 0.717) is 0 Å². The SMILES string of the molecule is [B]C(CSC)NC(C)=O. The summed E-state index contributed by atoms with van der Waals surface area (Å²) in [5.41, 5.74) is 0. The van der Waals surface area contributed by atoms with Crippen molar-refractivity contribution >= 4 is 25.5 Å². The first kappa shape index (κ1) is 8.88. The van der Waals surface area contributed by atoms with Crippen LogP contribution in [0.25, 0.3) is 0 Å². The predicted molar refractivity (Wildman–Crippen MR) is 41.7 cm³/mol. The summed E-state index contributed by atoms with van der Waals surface area (Å²) in [4.78, 5) is 10.3. The smallest absolute Gasteiger partial charge is 0.216 e. The van der Waals surface area contributed by atoms with Crippen molar-refractivity contribution in [3.05, 3.63) is 0 Å². The van der Waals surface area contributed by atoms with E-state index < -0.39 is 0 Å². The van der Waals surface area contributed by atoms with E-state index in [1.807, 2.05) is 6.26 Å². The van der Waals surface area contributed by atoms with E-state index in [1.165, 1.54) is 6.92 Å². The molecule has 50 valence electrons. The highest BCUT2D eigenvalue weighted by Crippen LogP contribution is 1.92. The molecule has 2 nitrogen and oxygen atoms in total. The molecule has 0 aliphatic rings. The highest BCUT2D eigenvalue weighted by atomic mass is 32.2. The minimum absolute atomic E-state index is 0.0726. The first-order chi connectivity index (χ1) is 4.16. The predicted octanol–water partition coefficient (Wildman–Crippen LogP) is -0.0199. The van der Waals surface area contributed by atoms with Crippen molar-refractivity contribution in [2.45, 2.75) is 12.9 Å². The molecule has 0 aromatic carbocycles. The number of carbonyl (C=O) groups is 1. The lowest BCUT2D eigenvalue weighted by Gasteiger charge is -2.09. The molecule has 0 aliphatic heterocycles. The molecule has 0 heterocycles. The second kappa shape index (κ2) is 4.73. The molecule has 0 bridgehead atoms. The quantitative estimate of drug-likeness (QED) is 0.562. The maximum absolute atomic E-state index is 10.3. The Morgan fingerprint density at radius 3 is 2.78 bits per heavy atom. The van der Waals surface area contributed by atoms with E-state index >= 15 is 0 Å². The van der Waals surface area contributed by atoms with Gasteiger partial charge < -0.3 is 5.32 Å². The van der Waals surface area contributed by atoms with Crippen LogP contribution < -0.4 is 5.32 Å². The van der Waals surface area contributed by atoms with Crippen LogP contribution in [0.4, 0.5) is 0 Å². The molecule has 1 unspecified atom stereocenters. The van der Waals surface area contributed by atoms with Crippen LogP contribution in [0.15, 0.2) is 0 Å². The minimum atomic E-state index is -0.197. The zero-order valence-corrected chi connectivity index (χ0v) is 6.49. The third-order valence-corrected chi connectivity index (χ3v) is 1.43. The number of thioether (sulfide) groups is 1. The van der Waals surface area contributed by atoms with Crippen LogP contribution in [-0.4, -0.2) is 31.7 Å². The van der Waals surface area contributed by atoms with Gasteiger partial charge in [0, 0.05) is 12.7 Å². The van der Waals surface area contributed by atoms with E-state index in [0.717, 1.165) is 5.75 Å². The number of rotatable bonds is 3. The fraction of sp³-hybridized carbons (Fsp3) is 0.800. The summed E-state index contributed by atoms with van der Waals surface area (Å²) >= 11 is 1.61. The normalized spacial score (nSPS) is 12.7. The third-order valence-electron chi connectivity index (χ3n) is 0.735. The molecule has 0 fully saturated rings. The van der Waals surface area contributed by atoms with E-state index in [-0.39, 0.29) is 11.8 Å². The van der Waals surface area contributed by atoms with Crippen LogP contribution in [0.2, 0.25) is 0 Å². The highest BCUT2D eigenvalue weighted by Gasteiger charge is 1.99. The molecule has 0 aromatic heterocycles. The molecule has 0 saturated heterocycles. The largest absolute Gasteiger partial charge is 0.362 e. The Labute approximate surface area is 61.2 Å². The summed E-state index contributed by atoms with van der Waals surface area (Å²) in [6, 6.07) is 0. The summed E-state index contributed by atoms with van der Waals surface area (Å²) in [5.74, 6) is 0.494. The van der Waals surface area contributed by atoms with Crippen molar-refractivity contribution in [2.75, 3.05) is 12.0 Å². The maximum atomic E-state index is 10.3. The molecule has 0 saturated carbocycles. The first-order valence-electron chi connectivity index (χ1n) is 2.68. The Morgan fingerprint density at radius 2 is 2.44 bits per heavy atom. The Kier molecular flexibility index (Phi) is 4.67. The molecule has 0 aromatic rings. The van der Waals surface area contributed by atoms with Gasteiger partial charge in [0.1, 0.15) is 0 Å². The molecule has 1 atom stereocenters. The lowest BCUT2D eigenvalue weighted by atomic mass is 9.99. The molecule has 0 aliphatic carbocycles. The van der Waals surface area contributed by atoms with Crippen molar-refractivity contribution in [1.29, 1.82) is 0 Å². The van der Waals surface area contributed by atoms with Crippen molar-refractivity contribution in [2.24, 2.45) is 0 Å². The number of carbonyl (C=O) groups excluding carboxylic acids is 1. The second-order valence-electron chi connectivity index (χ2n) is 1.76. The molecule has 9 heavy (non-hydrogen) atoms. The third kappa shape index (κ3) is 5.76. The molecular formula is C5H10BNOS. The van der Waals surface area contributed by atoms with Gasteiger partial charge >= 0.3 is 0 Å². The molecule has 4 heteroatoms. The Hall–Kier alpha value is -0.115. The molecule has 1 N–H and O–H groups in total. The number of hydrogen-bond donors (Lipinski definition) is 1. The van der Waals surface area contributed by atoms with Crippen LogP contribution >= 0.6 is 11.8 Å². The lowest BCUT2D eigenvalue weighted by molar-refractivity contribution is -0.119. The fourth-order valence-corrected chi connectivity index (χ4v) is 0.925.